The summed E-state index contributed by atoms with van der Waals surface area (Å²) in [6, 6.07) is 10.1. The van der Waals surface area contributed by atoms with Gasteiger partial charge in [-0.3, -0.25) is 4.79 Å². The molecule has 0 saturated heterocycles. The smallest absolute Gasteiger partial charge is 0.253 e. The van der Waals surface area contributed by atoms with Gasteiger partial charge in [-0.05, 0) is 35.9 Å². The van der Waals surface area contributed by atoms with Gasteiger partial charge in [0, 0.05) is 17.3 Å². The molecule has 0 fully saturated rings. The number of carbonyl (C=O) groups excluding carboxylic acids is 1. The van der Waals surface area contributed by atoms with Gasteiger partial charge >= 0.3 is 0 Å². The highest BCUT2D eigenvalue weighted by atomic mass is 35.5. The zero-order chi connectivity index (χ0) is 15.4. The molecule has 4 nitrogen and oxygen atoms in total. The quantitative estimate of drug-likeness (QED) is 0.846. The molecule has 0 heterocycles. The summed E-state index contributed by atoms with van der Waals surface area (Å²) in [4.78, 5) is 12.1. The highest BCUT2D eigenvalue weighted by Crippen LogP contribution is 2.25. The van der Waals surface area contributed by atoms with Gasteiger partial charge in [0.1, 0.15) is 5.75 Å². The number of carbonyl (C=O) groups is 1. The van der Waals surface area contributed by atoms with Gasteiger partial charge in [-0.1, -0.05) is 29.3 Å². The second kappa shape index (κ2) is 6.70. The van der Waals surface area contributed by atoms with Crippen LogP contribution in [0.5, 0.6) is 5.75 Å². The van der Waals surface area contributed by atoms with E-state index in [1.54, 1.807) is 37.4 Å². The van der Waals surface area contributed by atoms with Crippen molar-refractivity contribution in [3.8, 4) is 5.75 Å². The minimum Gasteiger partial charge on any atom is -0.495 e. The van der Waals surface area contributed by atoms with E-state index in [4.69, 9.17) is 33.7 Å². The average Bonchev–Trinajstić information content (AvgIpc) is 2.45. The average molecular weight is 325 g/mol. The molecule has 0 bridgehead atoms. The van der Waals surface area contributed by atoms with Crippen LogP contribution in [0, 0.1) is 0 Å². The standard InChI is InChI=1S/C15H14Cl2N2O2/c1-21-14-5-2-9(6-12(14)17)8-19-15(20)11-4-3-10(16)7-13(11)18/h2-7H,8,18H2,1H3,(H,19,20). The van der Waals surface area contributed by atoms with E-state index in [1.807, 2.05) is 6.07 Å². The van der Waals surface area contributed by atoms with Crippen LogP contribution in [0.15, 0.2) is 36.4 Å². The second-order valence-corrected chi connectivity index (χ2v) is 5.23. The van der Waals surface area contributed by atoms with Crippen LogP contribution < -0.4 is 15.8 Å². The van der Waals surface area contributed by atoms with Crippen LogP contribution >= 0.6 is 23.2 Å². The van der Waals surface area contributed by atoms with Crippen molar-refractivity contribution in [3.63, 3.8) is 0 Å². The molecule has 0 unspecified atom stereocenters. The maximum absolute atomic E-state index is 12.1. The minimum absolute atomic E-state index is 0.267. The third kappa shape index (κ3) is 3.80. The molecule has 1 amide bonds. The van der Waals surface area contributed by atoms with Gasteiger partial charge in [-0.15, -0.1) is 0 Å². The summed E-state index contributed by atoms with van der Waals surface area (Å²) in [5, 5.41) is 3.77. The number of rotatable bonds is 4. The molecule has 6 heteroatoms. The third-order valence-electron chi connectivity index (χ3n) is 2.93. The van der Waals surface area contributed by atoms with Gasteiger partial charge in [0.2, 0.25) is 0 Å². The Morgan fingerprint density at radius 3 is 2.62 bits per heavy atom. The van der Waals surface area contributed by atoms with E-state index in [-0.39, 0.29) is 5.91 Å². The third-order valence-corrected chi connectivity index (χ3v) is 3.46. The van der Waals surface area contributed by atoms with Crippen LogP contribution in [0.2, 0.25) is 10.0 Å². The van der Waals surface area contributed by atoms with Gasteiger partial charge in [-0.2, -0.15) is 0 Å². The Morgan fingerprint density at radius 2 is 2.00 bits per heavy atom. The van der Waals surface area contributed by atoms with Crippen molar-refractivity contribution in [2.45, 2.75) is 6.54 Å². The Balaban J connectivity index is 2.05. The molecule has 0 spiro atoms. The Labute approximate surface area is 132 Å². The largest absolute Gasteiger partial charge is 0.495 e. The number of methoxy groups -OCH3 is 1. The highest BCUT2D eigenvalue weighted by Gasteiger charge is 2.10. The number of ether oxygens (including phenoxy) is 1. The lowest BCUT2D eigenvalue weighted by atomic mass is 10.1. The van der Waals surface area contributed by atoms with Crippen molar-refractivity contribution in [3.05, 3.63) is 57.6 Å². The highest BCUT2D eigenvalue weighted by molar-refractivity contribution is 6.32. The lowest BCUT2D eigenvalue weighted by Crippen LogP contribution is -2.23. The summed E-state index contributed by atoms with van der Waals surface area (Å²) in [5.74, 6) is 0.324. The number of nitrogens with one attached hydrogen (secondary N) is 1. The molecular weight excluding hydrogens is 311 g/mol. The first kappa shape index (κ1) is 15.5. The summed E-state index contributed by atoms with van der Waals surface area (Å²) in [6.07, 6.45) is 0. The van der Waals surface area contributed by atoms with E-state index >= 15 is 0 Å². The number of halogens is 2. The number of benzene rings is 2. The lowest BCUT2D eigenvalue weighted by Gasteiger charge is -2.09. The topological polar surface area (TPSA) is 64.3 Å². The van der Waals surface area contributed by atoms with Gasteiger partial charge in [0.05, 0.1) is 17.7 Å². The van der Waals surface area contributed by atoms with Gasteiger partial charge < -0.3 is 15.8 Å². The fourth-order valence-electron chi connectivity index (χ4n) is 1.84. The van der Waals surface area contributed by atoms with Crippen molar-refractivity contribution in [1.82, 2.24) is 5.32 Å². The van der Waals surface area contributed by atoms with Crippen LogP contribution in [0.3, 0.4) is 0 Å². The normalized spacial score (nSPS) is 10.2. The molecule has 3 N–H and O–H groups in total. The fourth-order valence-corrected chi connectivity index (χ4v) is 2.30. The Bertz CT molecular complexity index is 675. The molecule has 0 atom stereocenters. The van der Waals surface area contributed by atoms with Crippen LogP contribution in [-0.2, 0) is 6.54 Å². The zero-order valence-electron chi connectivity index (χ0n) is 11.3. The van der Waals surface area contributed by atoms with Gasteiger partial charge in [0.15, 0.2) is 0 Å². The first-order valence-electron chi connectivity index (χ1n) is 6.17. The Morgan fingerprint density at radius 1 is 1.24 bits per heavy atom. The summed E-state index contributed by atoms with van der Waals surface area (Å²) < 4.78 is 5.07. The van der Waals surface area contributed by atoms with Crippen LogP contribution in [0.25, 0.3) is 0 Å². The lowest BCUT2D eigenvalue weighted by molar-refractivity contribution is 0.0952. The van der Waals surface area contributed by atoms with Gasteiger partial charge in [0.25, 0.3) is 5.91 Å². The van der Waals surface area contributed by atoms with Crippen molar-refractivity contribution >= 4 is 34.8 Å². The molecule has 2 rings (SSSR count). The molecule has 2 aromatic carbocycles. The van der Waals surface area contributed by atoms with Crippen molar-refractivity contribution in [2.24, 2.45) is 0 Å². The summed E-state index contributed by atoms with van der Waals surface area (Å²) in [6.45, 7) is 0.338. The molecule has 0 radical (unpaired) electrons. The molecule has 2 aromatic rings. The molecular formula is C15H14Cl2N2O2. The number of hydrogen-bond donors (Lipinski definition) is 2. The molecule has 0 aliphatic rings. The maximum Gasteiger partial charge on any atom is 0.253 e. The summed E-state index contributed by atoms with van der Waals surface area (Å²) >= 11 is 11.8. The number of hydrogen-bond acceptors (Lipinski definition) is 3. The summed E-state index contributed by atoms with van der Waals surface area (Å²) in [7, 11) is 1.55. The van der Waals surface area contributed by atoms with E-state index in [0.717, 1.165) is 5.56 Å². The second-order valence-electron chi connectivity index (χ2n) is 4.38. The van der Waals surface area contributed by atoms with E-state index < -0.39 is 0 Å². The summed E-state index contributed by atoms with van der Waals surface area (Å²) in [5.41, 5.74) is 7.36. The predicted molar refractivity (Wildman–Crippen MR) is 85.0 cm³/mol. The number of nitrogens with two attached hydrogens (primary N) is 1. The zero-order valence-corrected chi connectivity index (χ0v) is 12.8. The molecule has 0 aliphatic carbocycles. The Hall–Kier alpha value is -1.91. The first-order valence-corrected chi connectivity index (χ1v) is 6.92. The van der Waals surface area contributed by atoms with Crippen molar-refractivity contribution in [1.29, 1.82) is 0 Å². The molecule has 110 valence electrons. The SMILES string of the molecule is COc1ccc(CNC(=O)c2ccc(Cl)cc2N)cc1Cl. The molecule has 21 heavy (non-hydrogen) atoms. The Kier molecular flexibility index (Phi) is 4.94. The van der Waals surface area contributed by atoms with Gasteiger partial charge in [-0.25, -0.2) is 0 Å². The number of anilines is 1. The van der Waals surface area contributed by atoms with E-state index in [2.05, 4.69) is 5.32 Å². The van der Waals surface area contributed by atoms with Crippen LogP contribution in [0.1, 0.15) is 15.9 Å². The molecule has 0 saturated carbocycles. The molecule has 0 aromatic heterocycles. The first-order chi connectivity index (χ1) is 10.0. The minimum atomic E-state index is -0.267. The monoisotopic (exact) mass is 324 g/mol. The number of nitrogen functional groups attached to an aromatic ring is 1. The number of amides is 1. The fraction of sp³-hybridized carbons (Fsp3) is 0.133. The van der Waals surface area contributed by atoms with E-state index in [9.17, 15) is 4.79 Å². The van der Waals surface area contributed by atoms with Crippen molar-refractivity contribution in [2.75, 3.05) is 12.8 Å². The van der Waals surface area contributed by atoms with E-state index in [1.165, 1.54) is 0 Å². The van der Waals surface area contributed by atoms with E-state index in [0.29, 0.717) is 33.6 Å². The van der Waals surface area contributed by atoms with Crippen LogP contribution in [-0.4, -0.2) is 13.0 Å². The predicted octanol–water partition coefficient (Wildman–Crippen LogP) is 3.51. The van der Waals surface area contributed by atoms with Crippen molar-refractivity contribution < 1.29 is 9.53 Å². The van der Waals surface area contributed by atoms with Crippen LogP contribution in [0.4, 0.5) is 5.69 Å². The maximum atomic E-state index is 12.1. The molecule has 0 aliphatic heterocycles.